The summed E-state index contributed by atoms with van der Waals surface area (Å²) >= 11 is 0. The number of hydrogen-bond acceptors (Lipinski definition) is 2. The number of phenols is 1. The van der Waals surface area contributed by atoms with Gasteiger partial charge in [-0.15, -0.1) is 6.58 Å². The number of benzene rings is 1. The first-order valence-corrected chi connectivity index (χ1v) is 5.66. The van der Waals surface area contributed by atoms with Crippen LogP contribution >= 0.6 is 0 Å². The fraction of sp³-hybridized carbons (Fsp3) is 0.308. The quantitative estimate of drug-likeness (QED) is 0.840. The van der Waals surface area contributed by atoms with E-state index < -0.39 is 11.7 Å². The van der Waals surface area contributed by atoms with Gasteiger partial charge in [0.05, 0.1) is 11.3 Å². The van der Waals surface area contributed by atoms with Crippen LogP contribution in [0.2, 0.25) is 0 Å². The first kappa shape index (κ1) is 13.5. The number of carbonyl (C=O) groups is 1. The predicted octanol–water partition coefficient (Wildman–Crippen LogP) is 2.95. The van der Waals surface area contributed by atoms with E-state index in [0.717, 1.165) is 23.1 Å². The molecule has 0 radical (unpaired) electrons. The average molecular weight is 271 g/mol. The molecule has 1 fully saturated rings. The van der Waals surface area contributed by atoms with Crippen LogP contribution in [0.25, 0.3) is 0 Å². The summed E-state index contributed by atoms with van der Waals surface area (Å²) in [6.45, 7) is 3.80. The predicted molar refractivity (Wildman–Crippen MR) is 63.8 cm³/mol. The Morgan fingerprint density at radius 3 is 2.63 bits per heavy atom. The number of nitrogens with zero attached hydrogens (tertiary/aromatic N) is 1. The van der Waals surface area contributed by atoms with Crippen LogP contribution in [0.3, 0.4) is 0 Å². The number of anilines is 1. The van der Waals surface area contributed by atoms with Crippen molar-refractivity contribution in [2.75, 3.05) is 11.4 Å². The molecule has 1 heterocycles. The average Bonchev–Trinajstić information content (AvgIpc) is 2.69. The standard InChI is InChI=1S/C13H12F3NO2/c1-2-8-5-12(19)17(7-8)10-6-9(13(14,15)16)3-4-11(10)18/h2-4,6,8,18H,1,5,7H2. The zero-order valence-electron chi connectivity index (χ0n) is 9.94. The number of alkyl halides is 3. The third-order valence-corrected chi connectivity index (χ3v) is 3.08. The van der Waals surface area contributed by atoms with Crippen LogP contribution in [-0.2, 0) is 11.0 Å². The Balaban J connectivity index is 2.39. The van der Waals surface area contributed by atoms with Crippen LogP contribution in [0.4, 0.5) is 18.9 Å². The fourth-order valence-corrected chi connectivity index (χ4v) is 2.04. The lowest BCUT2D eigenvalue weighted by atomic mass is 10.1. The van der Waals surface area contributed by atoms with Gasteiger partial charge in [0.2, 0.25) is 5.91 Å². The molecule has 1 N–H and O–H groups in total. The van der Waals surface area contributed by atoms with E-state index in [9.17, 15) is 23.1 Å². The molecule has 0 aromatic heterocycles. The molecule has 19 heavy (non-hydrogen) atoms. The Kier molecular flexibility index (Phi) is 3.26. The maximum Gasteiger partial charge on any atom is 0.416 e. The lowest BCUT2D eigenvalue weighted by Crippen LogP contribution is -2.25. The van der Waals surface area contributed by atoms with Gasteiger partial charge in [-0.2, -0.15) is 13.2 Å². The second kappa shape index (κ2) is 4.60. The molecular weight excluding hydrogens is 259 g/mol. The van der Waals surface area contributed by atoms with Gasteiger partial charge in [0.25, 0.3) is 0 Å². The van der Waals surface area contributed by atoms with E-state index in [0.29, 0.717) is 0 Å². The van der Waals surface area contributed by atoms with Crippen LogP contribution in [0, 0.1) is 5.92 Å². The van der Waals surface area contributed by atoms with Crippen LogP contribution in [-0.4, -0.2) is 17.6 Å². The summed E-state index contributed by atoms with van der Waals surface area (Å²) in [7, 11) is 0. The molecule has 0 aliphatic carbocycles. The monoisotopic (exact) mass is 271 g/mol. The lowest BCUT2D eigenvalue weighted by Gasteiger charge is -2.19. The van der Waals surface area contributed by atoms with Crippen molar-refractivity contribution in [2.45, 2.75) is 12.6 Å². The SMILES string of the molecule is C=CC1CC(=O)N(c2cc(C(F)(F)F)ccc2O)C1. The topological polar surface area (TPSA) is 40.5 Å². The molecule has 3 nitrogen and oxygen atoms in total. The summed E-state index contributed by atoms with van der Waals surface area (Å²) in [4.78, 5) is 12.9. The van der Waals surface area contributed by atoms with Gasteiger partial charge in [0, 0.05) is 18.9 Å². The van der Waals surface area contributed by atoms with E-state index in [1.54, 1.807) is 6.08 Å². The molecule has 2 rings (SSSR count). The number of halogens is 3. The van der Waals surface area contributed by atoms with E-state index in [2.05, 4.69) is 6.58 Å². The Hall–Kier alpha value is -1.98. The number of phenolic OH excluding ortho intramolecular Hbond substituents is 1. The molecule has 1 saturated heterocycles. The highest BCUT2D eigenvalue weighted by Crippen LogP contribution is 2.38. The largest absolute Gasteiger partial charge is 0.506 e. The van der Waals surface area contributed by atoms with Crippen molar-refractivity contribution in [1.82, 2.24) is 0 Å². The molecule has 1 aromatic carbocycles. The van der Waals surface area contributed by atoms with Gasteiger partial charge < -0.3 is 10.0 Å². The Labute approximate surface area is 108 Å². The number of aromatic hydroxyl groups is 1. The molecule has 1 aromatic rings. The summed E-state index contributed by atoms with van der Waals surface area (Å²) in [5, 5.41) is 9.65. The molecule has 1 aliphatic rings. The number of carbonyl (C=O) groups excluding carboxylic acids is 1. The van der Waals surface area contributed by atoms with E-state index in [4.69, 9.17) is 0 Å². The third kappa shape index (κ3) is 2.57. The molecule has 0 saturated carbocycles. The van der Waals surface area contributed by atoms with Crippen molar-refractivity contribution in [2.24, 2.45) is 5.92 Å². The smallest absolute Gasteiger partial charge is 0.416 e. The molecule has 0 bridgehead atoms. The molecule has 1 unspecified atom stereocenters. The van der Waals surface area contributed by atoms with E-state index in [-0.39, 0.29) is 36.2 Å². The maximum absolute atomic E-state index is 12.6. The summed E-state index contributed by atoms with van der Waals surface area (Å²) in [6.07, 6.45) is -2.73. The van der Waals surface area contributed by atoms with Gasteiger partial charge in [-0.3, -0.25) is 4.79 Å². The normalized spacial score (nSPS) is 19.8. The van der Waals surface area contributed by atoms with Gasteiger partial charge in [0.1, 0.15) is 5.75 Å². The van der Waals surface area contributed by atoms with Gasteiger partial charge in [-0.1, -0.05) is 6.08 Å². The molecule has 1 amide bonds. The van der Waals surface area contributed by atoms with Gasteiger partial charge in [-0.25, -0.2) is 0 Å². The highest BCUT2D eigenvalue weighted by Gasteiger charge is 2.34. The Morgan fingerprint density at radius 1 is 1.42 bits per heavy atom. The first-order chi connectivity index (χ1) is 8.82. The molecular formula is C13H12F3NO2. The van der Waals surface area contributed by atoms with E-state index in [1.807, 2.05) is 0 Å². The highest BCUT2D eigenvalue weighted by atomic mass is 19.4. The second-order valence-electron chi connectivity index (χ2n) is 4.41. The van der Waals surface area contributed by atoms with Crippen LogP contribution in [0.15, 0.2) is 30.9 Å². The van der Waals surface area contributed by atoms with Crippen molar-refractivity contribution in [3.05, 3.63) is 36.4 Å². The lowest BCUT2D eigenvalue weighted by molar-refractivity contribution is -0.137. The van der Waals surface area contributed by atoms with Gasteiger partial charge in [-0.05, 0) is 18.2 Å². The van der Waals surface area contributed by atoms with E-state index in [1.165, 1.54) is 0 Å². The minimum absolute atomic E-state index is 0.107. The van der Waals surface area contributed by atoms with Crippen LogP contribution in [0.5, 0.6) is 5.75 Å². The zero-order chi connectivity index (χ0) is 14.2. The van der Waals surface area contributed by atoms with Crippen molar-refractivity contribution in [1.29, 1.82) is 0 Å². The molecule has 1 atom stereocenters. The van der Waals surface area contributed by atoms with Gasteiger partial charge in [0.15, 0.2) is 0 Å². The van der Waals surface area contributed by atoms with Crippen molar-refractivity contribution in [3.8, 4) is 5.75 Å². The zero-order valence-corrected chi connectivity index (χ0v) is 9.94. The van der Waals surface area contributed by atoms with Crippen molar-refractivity contribution in [3.63, 3.8) is 0 Å². The number of amides is 1. The van der Waals surface area contributed by atoms with Gasteiger partial charge >= 0.3 is 6.18 Å². The first-order valence-electron chi connectivity index (χ1n) is 5.66. The van der Waals surface area contributed by atoms with Crippen LogP contribution in [0.1, 0.15) is 12.0 Å². The van der Waals surface area contributed by atoms with Crippen molar-refractivity contribution >= 4 is 11.6 Å². The molecule has 6 heteroatoms. The van der Waals surface area contributed by atoms with Crippen molar-refractivity contribution < 1.29 is 23.1 Å². The molecule has 0 spiro atoms. The van der Waals surface area contributed by atoms with E-state index >= 15 is 0 Å². The Morgan fingerprint density at radius 2 is 2.11 bits per heavy atom. The minimum Gasteiger partial charge on any atom is -0.506 e. The summed E-state index contributed by atoms with van der Waals surface area (Å²) in [6, 6.07) is 2.52. The highest BCUT2D eigenvalue weighted by molar-refractivity contribution is 5.97. The van der Waals surface area contributed by atoms with Crippen LogP contribution < -0.4 is 4.90 Å². The fourth-order valence-electron chi connectivity index (χ4n) is 2.04. The summed E-state index contributed by atoms with van der Waals surface area (Å²) in [5.74, 6) is -0.771. The molecule has 1 aliphatic heterocycles. The maximum atomic E-state index is 12.6. The third-order valence-electron chi connectivity index (χ3n) is 3.08. The number of hydrogen-bond donors (Lipinski definition) is 1. The number of rotatable bonds is 2. The second-order valence-corrected chi connectivity index (χ2v) is 4.41. The summed E-state index contributed by atoms with van der Waals surface area (Å²) in [5.41, 5.74) is -1.00. The Bertz CT molecular complexity index is 525. The molecule has 102 valence electrons. The minimum atomic E-state index is -4.51. The summed E-state index contributed by atoms with van der Waals surface area (Å²) < 4.78 is 37.9.